The minimum atomic E-state index is -1.60. The summed E-state index contributed by atoms with van der Waals surface area (Å²) in [5.74, 6) is -4.88. The van der Waals surface area contributed by atoms with Gasteiger partial charge in [0, 0.05) is 25.3 Å². The second-order valence-corrected chi connectivity index (χ2v) is 5.45. The smallest absolute Gasteiger partial charge is 0.251 e. The van der Waals surface area contributed by atoms with E-state index in [1.54, 1.807) is 24.3 Å². The Balaban J connectivity index is 2.19. The molecule has 1 amide bonds. The monoisotopic (exact) mass is 338 g/mol. The van der Waals surface area contributed by atoms with Gasteiger partial charge in [0.05, 0.1) is 12.6 Å². The molecule has 2 N–H and O–H groups in total. The zero-order valence-corrected chi connectivity index (χ0v) is 13.2. The fourth-order valence-electron chi connectivity index (χ4n) is 2.16. The number of nitrogens with one attached hydrogen (secondary N) is 1. The molecule has 2 aromatic carbocycles. The minimum absolute atomic E-state index is 0.0628. The Morgan fingerprint density at radius 3 is 2.12 bits per heavy atom. The van der Waals surface area contributed by atoms with Crippen LogP contribution in [0.4, 0.5) is 18.9 Å². The first-order valence-electron chi connectivity index (χ1n) is 7.17. The second kappa shape index (κ2) is 7.35. The molecule has 2 aromatic rings. The van der Waals surface area contributed by atoms with E-state index in [9.17, 15) is 23.1 Å². The summed E-state index contributed by atoms with van der Waals surface area (Å²) in [6, 6.07) is 7.08. The number of carbonyl (C=O) groups is 1. The van der Waals surface area contributed by atoms with Gasteiger partial charge in [0.25, 0.3) is 5.91 Å². The minimum Gasteiger partial charge on any atom is -0.394 e. The highest BCUT2D eigenvalue weighted by atomic mass is 19.2. The van der Waals surface area contributed by atoms with Gasteiger partial charge in [-0.3, -0.25) is 4.79 Å². The Hall–Kier alpha value is -2.54. The third kappa shape index (κ3) is 3.86. The summed E-state index contributed by atoms with van der Waals surface area (Å²) < 4.78 is 39.6. The summed E-state index contributed by atoms with van der Waals surface area (Å²) >= 11 is 0. The first-order valence-corrected chi connectivity index (χ1v) is 7.17. The molecule has 0 heterocycles. The summed E-state index contributed by atoms with van der Waals surface area (Å²) in [7, 11) is 3.71. The van der Waals surface area contributed by atoms with Crippen LogP contribution in [0.15, 0.2) is 36.4 Å². The van der Waals surface area contributed by atoms with Gasteiger partial charge in [-0.05, 0) is 42.0 Å². The van der Waals surface area contributed by atoms with E-state index in [1.165, 1.54) is 0 Å². The van der Waals surface area contributed by atoms with E-state index in [4.69, 9.17) is 0 Å². The molecule has 0 aliphatic heterocycles. The van der Waals surface area contributed by atoms with Crippen LogP contribution >= 0.6 is 0 Å². The lowest BCUT2D eigenvalue weighted by Crippen LogP contribution is -2.31. The molecule has 2 rings (SSSR count). The number of nitrogens with zero attached hydrogens (tertiary/aromatic N) is 1. The highest BCUT2D eigenvalue weighted by molar-refractivity contribution is 5.94. The van der Waals surface area contributed by atoms with Gasteiger partial charge in [-0.15, -0.1) is 0 Å². The number of hydrogen-bond acceptors (Lipinski definition) is 3. The van der Waals surface area contributed by atoms with Crippen molar-refractivity contribution in [3.8, 4) is 0 Å². The van der Waals surface area contributed by atoms with Crippen molar-refractivity contribution in [3.63, 3.8) is 0 Å². The molecular weight excluding hydrogens is 321 g/mol. The molecule has 24 heavy (non-hydrogen) atoms. The lowest BCUT2D eigenvalue weighted by atomic mass is 10.1. The van der Waals surface area contributed by atoms with Gasteiger partial charge in [0.15, 0.2) is 17.5 Å². The fourth-order valence-corrected chi connectivity index (χ4v) is 2.16. The summed E-state index contributed by atoms with van der Waals surface area (Å²) in [6.07, 6.45) is 0. The summed E-state index contributed by atoms with van der Waals surface area (Å²) in [4.78, 5) is 14.1. The normalized spacial score (nSPS) is 11.9. The van der Waals surface area contributed by atoms with Crippen LogP contribution in [0, 0.1) is 17.5 Å². The van der Waals surface area contributed by atoms with Crippen molar-refractivity contribution < 1.29 is 23.1 Å². The molecule has 4 nitrogen and oxygen atoms in total. The summed E-state index contributed by atoms with van der Waals surface area (Å²) in [5.41, 5.74) is 1.15. The molecule has 0 bridgehead atoms. The van der Waals surface area contributed by atoms with Crippen LogP contribution in [0.5, 0.6) is 0 Å². The van der Waals surface area contributed by atoms with Crippen LogP contribution in [0.2, 0.25) is 0 Å². The van der Waals surface area contributed by atoms with E-state index in [1.807, 2.05) is 19.0 Å². The number of anilines is 1. The third-order valence-electron chi connectivity index (χ3n) is 3.54. The quantitative estimate of drug-likeness (QED) is 0.824. The highest BCUT2D eigenvalue weighted by Gasteiger charge is 2.19. The van der Waals surface area contributed by atoms with Crippen molar-refractivity contribution in [1.82, 2.24) is 5.32 Å². The number of benzene rings is 2. The Morgan fingerprint density at radius 2 is 1.67 bits per heavy atom. The number of aliphatic hydroxyl groups is 1. The van der Waals surface area contributed by atoms with E-state index in [2.05, 4.69) is 5.32 Å². The maximum absolute atomic E-state index is 13.3. The topological polar surface area (TPSA) is 52.6 Å². The van der Waals surface area contributed by atoms with Gasteiger partial charge in [-0.2, -0.15) is 0 Å². The van der Waals surface area contributed by atoms with Gasteiger partial charge in [-0.25, -0.2) is 13.2 Å². The van der Waals surface area contributed by atoms with Gasteiger partial charge in [-0.1, -0.05) is 0 Å². The molecule has 1 atom stereocenters. The van der Waals surface area contributed by atoms with E-state index in [-0.39, 0.29) is 5.56 Å². The van der Waals surface area contributed by atoms with Crippen molar-refractivity contribution in [3.05, 3.63) is 65.0 Å². The van der Waals surface area contributed by atoms with Crippen molar-refractivity contribution in [2.75, 3.05) is 25.6 Å². The molecular formula is C17H17F3N2O2. The lowest BCUT2D eigenvalue weighted by Gasteiger charge is -2.18. The number of carbonyl (C=O) groups excluding carboxylic acids is 1. The van der Waals surface area contributed by atoms with Gasteiger partial charge in [0.2, 0.25) is 0 Å². The van der Waals surface area contributed by atoms with Crippen LogP contribution in [0.1, 0.15) is 22.0 Å². The van der Waals surface area contributed by atoms with Gasteiger partial charge in [0.1, 0.15) is 0 Å². The fraction of sp³-hybridized carbons (Fsp3) is 0.235. The predicted octanol–water partition coefficient (Wildman–Crippen LogP) is 2.63. The molecule has 0 spiro atoms. The first-order chi connectivity index (χ1) is 11.3. The molecule has 7 heteroatoms. The molecule has 0 saturated heterocycles. The highest BCUT2D eigenvalue weighted by Crippen LogP contribution is 2.20. The molecule has 1 unspecified atom stereocenters. The molecule has 0 radical (unpaired) electrons. The Kier molecular flexibility index (Phi) is 5.46. The molecule has 0 aliphatic rings. The van der Waals surface area contributed by atoms with Crippen LogP contribution in [0.3, 0.4) is 0 Å². The number of rotatable bonds is 5. The van der Waals surface area contributed by atoms with Crippen molar-refractivity contribution in [2.45, 2.75) is 6.04 Å². The Bertz CT molecular complexity index is 710. The Labute approximate surface area is 137 Å². The first kappa shape index (κ1) is 17.8. The predicted molar refractivity (Wildman–Crippen MR) is 84.4 cm³/mol. The number of hydrogen-bond donors (Lipinski definition) is 2. The van der Waals surface area contributed by atoms with Crippen molar-refractivity contribution >= 4 is 11.6 Å². The van der Waals surface area contributed by atoms with Crippen LogP contribution < -0.4 is 10.2 Å². The molecule has 0 fully saturated rings. The molecule has 0 aliphatic carbocycles. The SMILES string of the molecule is CN(C)c1ccc(C(=O)NC(CO)c2cc(F)c(F)c(F)c2)cc1. The van der Waals surface area contributed by atoms with Crippen LogP contribution in [0.25, 0.3) is 0 Å². The number of amides is 1. The van der Waals surface area contributed by atoms with Gasteiger partial charge >= 0.3 is 0 Å². The third-order valence-corrected chi connectivity index (χ3v) is 3.54. The molecule has 0 saturated carbocycles. The van der Waals surface area contributed by atoms with Crippen LogP contribution in [-0.4, -0.2) is 31.7 Å². The zero-order chi connectivity index (χ0) is 17.9. The number of aliphatic hydroxyl groups excluding tert-OH is 1. The molecule has 128 valence electrons. The van der Waals surface area contributed by atoms with E-state index < -0.39 is 36.0 Å². The van der Waals surface area contributed by atoms with Crippen molar-refractivity contribution in [1.29, 1.82) is 0 Å². The maximum atomic E-state index is 13.3. The lowest BCUT2D eigenvalue weighted by molar-refractivity contribution is 0.0916. The average molecular weight is 338 g/mol. The van der Waals surface area contributed by atoms with E-state index in [0.717, 1.165) is 17.8 Å². The Morgan fingerprint density at radius 1 is 1.12 bits per heavy atom. The second-order valence-electron chi connectivity index (χ2n) is 5.45. The number of halogens is 3. The standard InChI is InChI=1S/C17H17F3N2O2/c1-22(2)12-5-3-10(4-6-12)17(24)21-15(9-23)11-7-13(18)16(20)14(19)8-11/h3-8,15,23H,9H2,1-2H3,(H,21,24). The summed E-state index contributed by atoms with van der Waals surface area (Å²) in [6.45, 7) is -0.591. The average Bonchev–Trinajstić information content (AvgIpc) is 2.56. The largest absolute Gasteiger partial charge is 0.394 e. The zero-order valence-electron chi connectivity index (χ0n) is 13.2. The maximum Gasteiger partial charge on any atom is 0.251 e. The van der Waals surface area contributed by atoms with E-state index in [0.29, 0.717) is 5.56 Å². The summed E-state index contributed by atoms with van der Waals surface area (Å²) in [5, 5.41) is 11.8. The molecule has 0 aromatic heterocycles. The van der Waals surface area contributed by atoms with Crippen LogP contribution in [-0.2, 0) is 0 Å². The van der Waals surface area contributed by atoms with E-state index >= 15 is 0 Å². The van der Waals surface area contributed by atoms with Gasteiger partial charge < -0.3 is 15.3 Å². The van der Waals surface area contributed by atoms with Crippen molar-refractivity contribution in [2.24, 2.45) is 0 Å².